The molecule has 3 aromatic carbocycles. The van der Waals surface area contributed by atoms with Crippen molar-refractivity contribution in [3.63, 3.8) is 0 Å². The van der Waals surface area contributed by atoms with Crippen molar-refractivity contribution in [2.75, 3.05) is 19.0 Å². The molecule has 5 unspecified atom stereocenters. The van der Waals surface area contributed by atoms with Gasteiger partial charge in [0.05, 0.1) is 27.4 Å². The number of carbonyl (C=O) groups excluding carboxylic acids is 1. The minimum atomic E-state index is -4.05. The van der Waals surface area contributed by atoms with E-state index in [1.54, 1.807) is 5.06 Å². The van der Waals surface area contributed by atoms with E-state index in [1.807, 2.05) is 44.3 Å². The minimum Gasteiger partial charge on any atom is -0.390 e. The molecule has 0 radical (unpaired) electrons. The maximum Gasteiger partial charge on any atom is 0.255 e. The second-order valence-corrected chi connectivity index (χ2v) is 15.5. The van der Waals surface area contributed by atoms with Gasteiger partial charge in [0.2, 0.25) is 0 Å². The van der Waals surface area contributed by atoms with Crippen molar-refractivity contribution in [2.45, 2.75) is 68.2 Å². The number of fused-ring (bicyclic) bond motifs is 2. The second-order valence-electron chi connectivity index (χ2n) is 13.0. The summed E-state index contributed by atoms with van der Waals surface area (Å²) in [5.74, 6) is -6.21. The molecule has 2 fully saturated rings. The molecule has 12 heteroatoms. The van der Waals surface area contributed by atoms with Gasteiger partial charge in [-0.3, -0.25) is 9.63 Å². The number of amides is 1. The van der Waals surface area contributed by atoms with E-state index in [4.69, 9.17) is 16.4 Å². The topological polar surface area (TPSA) is 95.9 Å². The van der Waals surface area contributed by atoms with Gasteiger partial charge in [0.25, 0.3) is 5.91 Å². The molecule has 0 saturated heterocycles. The average Bonchev–Trinajstić information content (AvgIpc) is 3.33. The molecule has 2 N–H and O–H groups in total. The summed E-state index contributed by atoms with van der Waals surface area (Å²) in [4.78, 5) is 18.8. The van der Waals surface area contributed by atoms with Crippen molar-refractivity contribution in [2.24, 2.45) is 23.7 Å². The number of carbonyl (C=O) groups is 1. The van der Waals surface area contributed by atoms with E-state index >= 15 is 0 Å². The molecule has 0 aromatic heterocycles. The fourth-order valence-corrected chi connectivity index (χ4v) is 10.3. The van der Waals surface area contributed by atoms with Gasteiger partial charge in [-0.25, -0.2) is 21.6 Å². The van der Waals surface area contributed by atoms with E-state index in [9.17, 15) is 31.5 Å². The van der Waals surface area contributed by atoms with Crippen LogP contribution in [-0.2, 0) is 21.2 Å². The number of rotatable bonds is 12. The number of sulfone groups is 1. The van der Waals surface area contributed by atoms with Crippen molar-refractivity contribution in [1.82, 2.24) is 5.06 Å². The first-order valence-corrected chi connectivity index (χ1v) is 17.8. The van der Waals surface area contributed by atoms with Gasteiger partial charge >= 0.3 is 0 Å². The zero-order valence-electron chi connectivity index (χ0n) is 26.6. The third kappa shape index (κ3) is 7.54. The highest BCUT2D eigenvalue weighted by Gasteiger charge is 2.56. The van der Waals surface area contributed by atoms with Gasteiger partial charge in [-0.1, -0.05) is 62.2 Å². The van der Waals surface area contributed by atoms with Crippen LogP contribution in [0.4, 0.5) is 18.9 Å². The predicted octanol–water partition coefficient (Wildman–Crippen LogP) is 7.43. The second kappa shape index (κ2) is 14.3. The lowest BCUT2D eigenvalue weighted by molar-refractivity contribution is -0.175. The normalized spacial score (nSPS) is 23.9. The highest BCUT2D eigenvalue weighted by molar-refractivity contribution is 7.92. The van der Waals surface area contributed by atoms with E-state index in [-0.39, 0.29) is 44.8 Å². The fraction of sp³-hybridized carbons (Fsp3) is 0.457. The lowest BCUT2D eigenvalue weighted by Crippen LogP contribution is -2.51. The Morgan fingerprint density at radius 3 is 2.28 bits per heavy atom. The third-order valence-electron chi connectivity index (χ3n) is 10.0. The number of hydrogen-bond donors (Lipinski definition) is 2. The van der Waals surface area contributed by atoms with Crippen LogP contribution in [-0.4, -0.2) is 49.0 Å². The summed E-state index contributed by atoms with van der Waals surface area (Å²) in [5.41, 5.74) is -0.390. The number of benzene rings is 3. The van der Waals surface area contributed by atoms with Gasteiger partial charge in [0, 0.05) is 37.0 Å². The van der Waals surface area contributed by atoms with Crippen LogP contribution in [0.2, 0.25) is 5.02 Å². The van der Waals surface area contributed by atoms with Gasteiger partial charge in [-0.2, -0.15) is 5.06 Å². The predicted molar refractivity (Wildman–Crippen MR) is 174 cm³/mol. The first-order valence-electron chi connectivity index (χ1n) is 15.8. The van der Waals surface area contributed by atoms with Crippen LogP contribution in [0.5, 0.6) is 0 Å². The average molecular weight is 693 g/mol. The van der Waals surface area contributed by atoms with E-state index in [1.165, 1.54) is 12.1 Å². The molecular formula is C35H40ClF3N2O5S. The van der Waals surface area contributed by atoms with E-state index < -0.39 is 44.0 Å². The van der Waals surface area contributed by atoms with Crippen LogP contribution >= 0.6 is 11.6 Å². The monoisotopic (exact) mass is 692 g/mol. The lowest BCUT2D eigenvalue weighted by atomic mass is 9.67. The fourth-order valence-electron chi connectivity index (χ4n) is 7.45. The Morgan fingerprint density at radius 2 is 1.68 bits per heavy atom. The van der Waals surface area contributed by atoms with Gasteiger partial charge in [-0.05, 0) is 73.1 Å². The van der Waals surface area contributed by atoms with Crippen LogP contribution in [0.1, 0.15) is 61.9 Å². The molecule has 2 aliphatic rings. The molecule has 5 rings (SSSR count). The molecular weight excluding hydrogens is 653 g/mol. The SMILES string of the molecule is CCC(CON(C)Cc1ccccc1)C(C)C1(O)CC2CC[C@H](C1)C2S(=O)(=O)c1cc(C(=O)Nc2cc(F)c(F)c(F)c2)ccc1Cl. The van der Waals surface area contributed by atoms with Crippen molar-refractivity contribution >= 4 is 33.0 Å². The maximum absolute atomic E-state index is 14.2. The van der Waals surface area contributed by atoms with Crippen molar-refractivity contribution < 1.29 is 36.3 Å². The molecule has 1 amide bonds. The highest BCUT2D eigenvalue weighted by atomic mass is 35.5. The smallest absolute Gasteiger partial charge is 0.255 e. The highest BCUT2D eigenvalue weighted by Crippen LogP contribution is 2.54. The molecule has 3 aromatic rings. The first kappa shape index (κ1) is 35.3. The zero-order valence-corrected chi connectivity index (χ0v) is 28.1. The summed E-state index contributed by atoms with van der Waals surface area (Å²) in [7, 11) is -2.18. The Bertz CT molecular complexity index is 1670. The number of aliphatic hydroxyl groups is 1. The van der Waals surface area contributed by atoms with Crippen molar-refractivity contribution in [3.05, 3.63) is 94.3 Å². The quantitative estimate of drug-likeness (QED) is 0.152. The molecule has 0 aliphatic heterocycles. The van der Waals surface area contributed by atoms with E-state index in [0.717, 1.165) is 18.1 Å². The molecule has 2 bridgehead atoms. The Kier molecular flexibility index (Phi) is 10.7. The van der Waals surface area contributed by atoms with Gasteiger partial charge in [0.1, 0.15) is 0 Å². The van der Waals surface area contributed by atoms with Crippen molar-refractivity contribution in [1.29, 1.82) is 0 Å². The van der Waals surface area contributed by atoms with Crippen LogP contribution in [0.25, 0.3) is 0 Å². The van der Waals surface area contributed by atoms with Crippen LogP contribution in [0.15, 0.2) is 65.6 Å². The Labute approximate surface area is 278 Å². The maximum atomic E-state index is 14.2. The molecule has 6 atom stereocenters. The lowest BCUT2D eigenvalue weighted by Gasteiger charge is -2.46. The van der Waals surface area contributed by atoms with Gasteiger partial charge in [0.15, 0.2) is 27.3 Å². The summed E-state index contributed by atoms with van der Waals surface area (Å²) in [5, 5.41) is 15.2. The zero-order chi connectivity index (χ0) is 34.1. The summed E-state index contributed by atoms with van der Waals surface area (Å²) in [6.07, 6.45) is 2.67. The largest absolute Gasteiger partial charge is 0.390 e. The Balaban J connectivity index is 1.29. The van der Waals surface area contributed by atoms with Gasteiger partial charge < -0.3 is 10.4 Å². The van der Waals surface area contributed by atoms with Gasteiger partial charge in [-0.15, -0.1) is 0 Å². The number of hydrogen-bond acceptors (Lipinski definition) is 6. The number of hydroxylamine groups is 2. The van der Waals surface area contributed by atoms with E-state index in [0.29, 0.717) is 51.0 Å². The molecule has 7 nitrogen and oxygen atoms in total. The molecule has 0 spiro atoms. The number of halogens is 4. The number of anilines is 1. The summed E-state index contributed by atoms with van der Waals surface area (Å²) >= 11 is 6.40. The van der Waals surface area contributed by atoms with Crippen LogP contribution in [0, 0.1) is 41.1 Å². The molecule has 0 heterocycles. The summed E-state index contributed by atoms with van der Waals surface area (Å²) in [6.45, 7) is 5.11. The standard InChI is InChI=1S/C35H40ClF3N2O5S/c1-4-23(20-46-41(3)19-22-8-6-5-7-9-22)21(2)35(43)17-25-10-11-26(18-35)33(25)47(44,45)31-14-24(12-13-28(31)36)34(42)40-27-15-29(37)32(39)30(38)16-27/h5-9,12-16,21,23,25-26,33,43H,4,10-11,17-20H2,1-3H3,(H,40,42)/t21?,23?,25-,26?,33?,35?/m1/s1. The molecule has 254 valence electrons. The minimum absolute atomic E-state index is 0.0403. The third-order valence-corrected chi connectivity index (χ3v) is 12.9. The number of nitrogens with one attached hydrogen (secondary N) is 1. The summed E-state index contributed by atoms with van der Waals surface area (Å²) in [6, 6.07) is 15.0. The summed E-state index contributed by atoms with van der Waals surface area (Å²) < 4.78 is 69.0. The molecule has 2 aliphatic carbocycles. The Hall–Kier alpha value is -2.96. The first-order chi connectivity index (χ1) is 22.2. The van der Waals surface area contributed by atoms with E-state index in [2.05, 4.69) is 12.2 Å². The number of nitrogens with zero attached hydrogens (tertiary/aromatic N) is 1. The Morgan fingerprint density at radius 1 is 1.06 bits per heavy atom. The van der Waals surface area contributed by atoms with Crippen molar-refractivity contribution in [3.8, 4) is 0 Å². The van der Waals surface area contributed by atoms with Crippen LogP contribution in [0.3, 0.4) is 0 Å². The van der Waals surface area contributed by atoms with Crippen LogP contribution < -0.4 is 5.32 Å². The molecule has 2 saturated carbocycles. The molecule has 47 heavy (non-hydrogen) atoms.